The molecule has 0 aromatic heterocycles. The van der Waals surface area contributed by atoms with Gasteiger partial charge in [-0.15, -0.1) is 0 Å². The van der Waals surface area contributed by atoms with E-state index in [0.717, 1.165) is 12.8 Å². The number of nitrogens with one attached hydrogen (secondary N) is 2. The first-order valence-electron chi connectivity index (χ1n) is 4.56. The van der Waals surface area contributed by atoms with E-state index in [9.17, 15) is 9.59 Å². The van der Waals surface area contributed by atoms with Gasteiger partial charge >= 0.3 is 6.03 Å². The van der Waals surface area contributed by atoms with E-state index >= 15 is 0 Å². The maximum Gasteiger partial charge on any atom is 0.318 e. The zero-order chi connectivity index (χ0) is 10.6. The van der Waals surface area contributed by atoms with E-state index in [1.54, 1.807) is 0 Å². The highest BCUT2D eigenvalue weighted by atomic mass is 16.3. The molecule has 1 saturated carbocycles. The number of rotatable bonds is 4. The fourth-order valence-electron chi connectivity index (χ4n) is 1.44. The van der Waals surface area contributed by atoms with Crippen LogP contribution in [-0.4, -0.2) is 36.2 Å². The van der Waals surface area contributed by atoms with Crippen LogP contribution in [0.15, 0.2) is 0 Å². The number of primary amides is 1. The van der Waals surface area contributed by atoms with Crippen molar-refractivity contribution in [2.24, 2.45) is 11.7 Å². The van der Waals surface area contributed by atoms with Gasteiger partial charge in [-0.25, -0.2) is 4.79 Å². The van der Waals surface area contributed by atoms with Gasteiger partial charge in [-0.2, -0.15) is 0 Å². The van der Waals surface area contributed by atoms with Gasteiger partial charge in [0.05, 0.1) is 12.6 Å². The van der Waals surface area contributed by atoms with E-state index in [-0.39, 0.29) is 12.6 Å². The summed E-state index contributed by atoms with van der Waals surface area (Å²) in [6.45, 7) is 0.763. The molecular weight excluding hydrogens is 186 g/mol. The van der Waals surface area contributed by atoms with Crippen LogP contribution in [0.1, 0.15) is 12.8 Å². The molecule has 0 aliphatic heterocycles. The van der Waals surface area contributed by atoms with Crippen LogP contribution in [0.25, 0.3) is 0 Å². The molecule has 6 heteroatoms. The Labute approximate surface area is 81.8 Å². The third-order valence-electron chi connectivity index (χ3n) is 2.19. The molecular formula is C8H15N3O3. The number of hydrogen-bond acceptors (Lipinski definition) is 4. The molecule has 0 radical (unpaired) electrons. The molecule has 0 saturated heterocycles. The van der Waals surface area contributed by atoms with Crippen molar-refractivity contribution in [3.05, 3.63) is 0 Å². The van der Waals surface area contributed by atoms with E-state index in [2.05, 4.69) is 5.32 Å². The van der Waals surface area contributed by atoms with Gasteiger partial charge in [0.15, 0.2) is 0 Å². The molecule has 0 aromatic carbocycles. The van der Waals surface area contributed by atoms with Crippen molar-refractivity contribution in [1.29, 1.82) is 0 Å². The lowest BCUT2D eigenvalue weighted by Crippen LogP contribution is -2.43. The second kappa shape index (κ2) is 4.92. The first-order valence-corrected chi connectivity index (χ1v) is 4.56. The van der Waals surface area contributed by atoms with Crippen molar-refractivity contribution in [3.8, 4) is 0 Å². The predicted octanol–water partition coefficient (Wildman–Crippen LogP) is -1.46. The SMILES string of the molecule is NC(=O)NC(=O)CNCC1CC(O)C1. The van der Waals surface area contributed by atoms with Gasteiger partial charge in [0.25, 0.3) is 0 Å². The fourth-order valence-corrected chi connectivity index (χ4v) is 1.44. The van der Waals surface area contributed by atoms with Crippen molar-refractivity contribution in [2.45, 2.75) is 18.9 Å². The molecule has 5 N–H and O–H groups in total. The second-order valence-electron chi connectivity index (χ2n) is 3.53. The summed E-state index contributed by atoms with van der Waals surface area (Å²) < 4.78 is 0. The molecule has 80 valence electrons. The summed E-state index contributed by atoms with van der Waals surface area (Å²) in [5.41, 5.74) is 4.75. The first-order chi connectivity index (χ1) is 6.58. The van der Waals surface area contributed by atoms with E-state index in [1.807, 2.05) is 5.32 Å². The molecule has 1 fully saturated rings. The highest BCUT2D eigenvalue weighted by molar-refractivity contribution is 5.94. The van der Waals surface area contributed by atoms with Gasteiger partial charge in [0, 0.05) is 0 Å². The van der Waals surface area contributed by atoms with Gasteiger partial charge < -0.3 is 16.2 Å². The molecule has 14 heavy (non-hydrogen) atoms. The maximum absolute atomic E-state index is 10.9. The van der Waals surface area contributed by atoms with Crippen LogP contribution in [0.4, 0.5) is 4.79 Å². The number of amides is 3. The Morgan fingerprint density at radius 2 is 2.07 bits per heavy atom. The number of aliphatic hydroxyl groups is 1. The lowest BCUT2D eigenvalue weighted by molar-refractivity contribution is -0.119. The highest BCUT2D eigenvalue weighted by Crippen LogP contribution is 2.25. The molecule has 1 aliphatic carbocycles. The van der Waals surface area contributed by atoms with Gasteiger partial charge in [0.1, 0.15) is 0 Å². The smallest absolute Gasteiger partial charge is 0.318 e. The third kappa shape index (κ3) is 3.71. The van der Waals surface area contributed by atoms with Crippen molar-refractivity contribution < 1.29 is 14.7 Å². The van der Waals surface area contributed by atoms with Crippen molar-refractivity contribution in [3.63, 3.8) is 0 Å². The Hall–Kier alpha value is -1.14. The molecule has 1 aliphatic rings. The minimum atomic E-state index is -0.837. The van der Waals surface area contributed by atoms with Crippen LogP contribution in [0.3, 0.4) is 0 Å². The summed E-state index contributed by atoms with van der Waals surface area (Å²) in [5, 5.41) is 13.8. The third-order valence-corrected chi connectivity index (χ3v) is 2.19. The summed E-state index contributed by atoms with van der Waals surface area (Å²) in [6.07, 6.45) is 1.38. The highest BCUT2D eigenvalue weighted by Gasteiger charge is 2.26. The molecule has 0 atom stereocenters. The number of aliphatic hydroxyl groups excluding tert-OH is 1. The van der Waals surface area contributed by atoms with E-state index in [4.69, 9.17) is 10.8 Å². The van der Waals surface area contributed by atoms with Crippen LogP contribution in [-0.2, 0) is 4.79 Å². The summed E-state index contributed by atoms with van der Waals surface area (Å²) >= 11 is 0. The minimum absolute atomic E-state index is 0.0789. The van der Waals surface area contributed by atoms with E-state index in [0.29, 0.717) is 12.5 Å². The topological polar surface area (TPSA) is 104 Å². The number of carbonyl (C=O) groups excluding carboxylic acids is 2. The van der Waals surface area contributed by atoms with Crippen LogP contribution < -0.4 is 16.4 Å². The molecule has 0 bridgehead atoms. The number of imide groups is 1. The number of nitrogens with two attached hydrogens (primary N) is 1. The summed E-state index contributed by atoms with van der Waals surface area (Å²) in [7, 11) is 0. The molecule has 0 aromatic rings. The van der Waals surface area contributed by atoms with Gasteiger partial charge in [0.2, 0.25) is 5.91 Å². The maximum atomic E-state index is 10.9. The average Bonchev–Trinajstić information content (AvgIpc) is 1.99. The number of urea groups is 1. The van der Waals surface area contributed by atoms with Crippen molar-refractivity contribution in [2.75, 3.05) is 13.1 Å². The molecule has 0 heterocycles. The largest absolute Gasteiger partial charge is 0.393 e. The van der Waals surface area contributed by atoms with Crippen LogP contribution in [0.2, 0.25) is 0 Å². The van der Waals surface area contributed by atoms with Crippen molar-refractivity contribution in [1.82, 2.24) is 10.6 Å². The Morgan fingerprint density at radius 1 is 1.43 bits per heavy atom. The quantitative estimate of drug-likeness (QED) is 0.446. The number of hydrogen-bond donors (Lipinski definition) is 4. The normalized spacial score (nSPS) is 25.2. The summed E-state index contributed by atoms with van der Waals surface area (Å²) in [6, 6.07) is -0.837. The summed E-state index contributed by atoms with van der Waals surface area (Å²) in [5.74, 6) is 0.00347. The van der Waals surface area contributed by atoms with E-state index in [1.165, 1.54) is 0 Å². The number of carbonyl (C=O) groups is 2. The standard InChI is InChI=1S/C8H15N3O3/c9-8(14)11-7(13)4-10-3-5-1-6(12)2-5/h5-6,10,12H,1-4H2,(H3,9,11,13,14). The lowest BCUT2D eigenvalue weighted by Gasteiger charge is -2.31. The Morgan fingerprint density at radius 3 is 2.57 bits per heavy atom. The molecule has 0 spiro atoms. The monoisotopic (exact) mass is 201 g/mol. The van der Waals surface area contributed by atoms with Crippen LogP contribution in [0, 0.1) is 5.92 Å². The van der Waals surface area contributed by atoms with Crippen LogP contribution in [0.5, 0.6) is 0 Å². The van der Waals surface area contributed by atoms with Gasteiger partial charge in [-0.05, 0) is 25.3 Å². The Kier molecular flexibility index (Phi) is 3.84. The first kappa shape index (κ1) is 10.9. The van der Waals surface area contributed by atoms with Gasteiger partial charge in [-0.1, -0.05) is 0 Å². The second-order valence-corrected chi connectivity index (χ2v) is 3.53. The van der Waals surface area contributed by atoms with Gasteiger partial charge in [-0.3, -0.25) is 10.1 Å². The van der Waals surface area contributed by atoms with E-state index < -0.39 is 11.9 Å². The fraction of sp³-hybridized carbons (Fsp3) is 0.750. The predicted molar refractivity (Wildman–Crippen MR) is 49.3 cm³/mol. The Balaban J connectivity index is 1.98. The Bertz CT molecular complexity index is 226. The molecule has 1 rings (SSSR count). The molecule has 0 unspecified atom stereocenters. The minimum Gasteiger partial charge on any atom is -0.393 e. The zero-order valence-electron chi connectivity index (χ0n) is 7.82. The lowest BCUT2D eigenvalue weighted by atomic mass is 9.82. The van der Waals surface area contributed by atoms with Crippen LogP contribution >= 0.6 is 0 Å². The molecule has 3 amide bonds. The molecule has 6 nitrogen and oxygen atoms in total. The zero-order valence-corrected chi connectivity index (χ0v) is 7.82. The van der Waals surface area contributed by atoms with Crippen molar-refractivity contribution >= 4 is 11.9 Å². The summed E-state index contributed by atoms with van der Waals surface area (Å²) in [4.78, 5) is 21.1. The average molecular weight is 201 g/mol.